The summed E-state index contributed by atoms with van der Waals surface area (Å²) in [6.45, 7) is 2.61. The third kappa shape index (κ3) is 3.13. The second-order valence-corrected chi connectivity index (χ2v) is 5.70. The smallest absolute Gasteiger partial charge is 0.261 e. The van der Waals surface area contributed by atoms with Crippen LogP contribution in [0.5, 0.6) is 11.5 Å². The number of amides is 1. The van der Waals surface area contributed by atoms with Gasteiger partial charge in [0.15, 0.2) is 0 Å². The lowest BCUT2D eigenvalue weighted by Gasteiger charge is -2.13. The molecule has 0 aliphatic carbocycles. The zero-order valence-corrected chi connectivity index (χ0v) is 14.9. The van der Waals surface area contributed by atoms with Gasteiger partial charge >= 0.3 is 0 Å². The Kier molecular flexibility index (Phi) is 4.93. The summed E-state index contributed by atoms with van der Waals surface area (Å²) < 4.78 is 12.3. The predicted molar refractivity (Wildman–Crippen MR) is 101 cm³/mol. The van der Waals surface area contributed by atoms with Gasteiger partial charge in [-0.2, -0.15) is 0 Å². The molecule has 0 radical (unpaired) electrons. The van der Waals surface area contributed by atoms with Crippen molar-refractivity contribution < 1.29 is 14.3 Å². The van der Waals surface area contributed by atoms with Gasteiger partial charge in [-0.15, -0.1) is 0 Å². The third-order valence-electron chi connectivity index (χ3n) is 4.23. The van der Waals surface area contributed by atoms with Crippen molar-refractivity contribution in [1.82, 2.24) is 4.57 Å². The minimum absolute atomic E-state index is 0.0865. The van der Waals surface area contributed by atoms with Crippen LogP contribution in [0.4, 0.5) is 5.69 Å². The Morgan fingerprint density at radius 2 is 1.88 bits per heavy atom. The molecule has 0 aliphatic heterocycles. The summed E-state index contributed by atoms with van der Waals surface area (Å²) in [6.07, 6.45) is 1.59. The molecule has 0 bridgehead atoms. The SMILES string of the molecule is CCn1cc(C(=O)Nc2ccc(OC)cc2OC)c(=O)c2ccccc21. The number of methoxy groups -OCH3 is 2. The summed E-state index contributed by atoms with van der Waals surface area (Å²) in [5.74, 6) is 0.583. The topological polar surface area (TPSA) is 69.6 Å². The van der Waals surface area contributed by atoms with Gasteiger partial charge in [0.05, 0.1) is 25.4 Å². The second-order valence-electron chi connectivity index (χ2n) is 5.70. The van der Waals surface area contributed by atoms with E-state index >= 15 is 0 Å². The summed E-state index contributed by atoms with van der Waals surface area (Å²) in [5.41, 5.74) is 1.06. The molecule has 0 unspecified atom stereocenters. The molecule has 3 rings (SSSR count). The highest BCUT2D eigenvalue weighted by Crippen LogP contribution is 2.29. The van der Waals surface area contributed by atoms with Crippen LogP contribution in [0.1, 0.15) is 17.3 Å². The van der Waals surface area contributed by atoms with Crippen LogP contribution in [-0.4, -0.2) is 24.7 Å². The maximum Gasteiger partial charge on any atom is 0.261 e. The molecule has 0 fully saturated rings. The summed E-state index contributed by atoms with van der Waals surface area (Å²) in [5, 5.41) is 3.27. The number of nitrogens with one attached hydrogen (secondary N) is 1. The molecule has 1 amide bonds. The molecular formula is C20H20N2O4. The van der Waals surface area contributed by atoms with Crippen molar-refractivity contribution >= 4 is 22.5 Å². The number of hydrogen-bond donors (Lipinski definition) is 1. The molecule has 0 atom stereocenters. The first-order valence-corrected chi connectivity index (χ1v) is 8.24. The Labute approximate surface area is 151 Å². The van der Waals surface area contributed by atoms with E-state index in [1.54, 1.807) is 43.6 Å². The van der Waals surface area contributed by atoms with E-state index in [9.17, 15) is 9.59 Å². The van der Waals surface area contributed by atoms with Crippen molar-refractivity contribution in [3.8, 4) is 11.5 Å². The molecule has 1 N–H and O–H groups in total. The van der Waals surface area contributed by atoms with E-state index < -0.39 is 5.91 Å². The Morgan fingerprint density at radius 1 is 1.12 bits per heavy atom. The molecule has 3 aromatic rings. The number of carbonyl (C=O) groups excluding carboxylic acids is 1. The summed E-state index contributed by atoms with van der Waals surface area (Å²) >= 11 is 0. The lowest BCUT2D eigenvalue weighted by Crippen LogP contribution is -2.24. The highest BCUT2D eigenvalue weighted by atomic mass is 16.5. The molecule has 2 aromatic carbocycles. The van der Waals surface area contributed by atoms with Crippen LogP contribution in [0.2, 0.25) is 0 Å². The number of hydrogen-bond acceptors (Lipinski definition) is 4. The van der Waals surface area contributed by atoms with E-state index in [2.05, 4.69) is 5.32 Å². The van der Waals surface area contributed by atoms with Gasteiger partial charge < -0.3 is 19.4 Å². The number of anilines is 1. The summed E-state index contributed by atoms with van der Waals surface area (Å²) in [7, 11) is 3.06. The maximum absolute atomic E-state index is 12.8. The molecule has 26 heavy (non-hydrogen) atoms. The van der Waals surface area contributed by atoms with Crippen molar-refractivity contribution in [3.63, 3.8) is 0 Å². The van der Waals surface area contributed by atoms with Crippen LogP contribution in [0.25, 0.3) is 10.9 Å². The number of nitrogens with zero attached hydrogens (tertiary/aromatic N) is 1. The number of benzene rings is 2. The fraction of sp³-hybridized carbons (Fsp3) is 0.200. The van der Waals surface area contributed by atoms with E-state index in [0.717, 1.165) is 5.52 Å². The Bertz CT molecular complexity index is 1020. The van der Waals surface area contributed by atoms with Crippen LogP contribution in [-0.2, 0) is 6.54 Å². The molecule has 134 valence electrons. The lowest BCUT2D eigenvalue weighted by atomic mass is 10.1. The zero-order chi connectivity index (χ0) is 18.7. The number of para-hydroxylation sites is 1. The van der Waals surface area contributed by atoms with Gasteiger partial charge in [-0.05, 0) is 31.2 Å². The van der Waals surface area contributed by atoms with Crippen molar-refractivity contribution in [2.75, 3.05) is 19.5 Å². The quantitative estimate of drug-likeness (QED) is 0.765. The molecule has 6 nitrogen and oxygen atoms in total. The molecule has 0 spiro atoms. The standard InChI is InChI=1S/C20H20N2O4/c1-4-22-12-15(19(23)14-7-5-6-8-17(14)22)20(24)21-16-10-9-13(25-2)11-18(16)26-3/h5-12H,4H2,1-3H3,(H,21,24). The molecule has 6 heteroatoms. The van der Waals surface area contributed by atoms with E-state index in [1.165, 1.54) is 7.11 Å². The average molecular weight is 352 g/mol. The lowest BCUT2D eigenvalue weighted by molar-refractivity contribution is 0.102. The van der Waals surface area contributed by atoms with Crippen LogP contribution < -0.4 is 20.2 Å². The van der Waals surface area contributed by atoms with Gasteiger partial charge in [0, 0.05) is 24.2 Å². The number of aryl methyl sites for hydroxylation is 1. The first kappa shape index (κ1) is 17.5. The Hall–Kier alpha value is -3.28. The molecular weight excluding hydrogens is 332 g/mol. The minimum atomic E-state index is -0.480. The van der Waals surface area contributed by atoms with Crippen molar-refractivity contribution in [2.24, 2.45) is 0 Å². The first-order valence-electron chi connectivity index (χ1n) is 8.24. The molecule has 0 saturated heterocycles. The fourth-order valence-corrected chi connectivity index (χ4v) is 2.86. The molecule has 0 aliphatic rings. The van der Waals surface area contributed by atoms with E-state index in [1.807, 2.05) is 23.6 Å². The van der Waals surface area contributed by atoms with E-state index in [0.29, 0.717) is 29.1 Å². The number of pyridine rings is 1. The second kappa shape index (κ2) is 7.31. The fourth-order valence-electron chi connectivity index (χ4n) is 2.86. The van der Waals surface area contributed by atoms with Gasteiger partial charge in [0.1, 0.15) is 17.1 Å². The monoisotopic (exact) mass is 352 g/mol. The van der Waals surface area contributed by atoms with Gasteiger partial charge in [-0.1, -0.05) is 12.1 Å². The van der Waals surface area contributed by atoms with Crippen LogP contribution in [0, 0.1) is 0 Å². The number of fused-ring (bicyclic) bond motifs is 1. The van der Waals surface area contributed by atoms with E-state index in [4.69, 9.17) is 9.47 Å². The molecule has 0 saturated carbocycles. The number of aromatic nitrogens is 1. The minimum Gasteiger partial charge on any atom is -0.497 e. The van der Waals surface area contributed by atoms with Crippen molar-refractivity contribution in [2.45, 2.75) is 13.5 Å². The normalized spacial score (nSPS) is 10.6. The summed E-state index contributed by atoms with van der Waals surface area (Å²) in [6, 6.07) is 12.3. The number of rotatable bonds is 5. The van der Waals surface area contributed by atoms with Crippen LogP contribution in [0.15, 0.2) is 53.5 Å². The van der Waals surface area contributed by atoms with Gasteiger partial charge in [-0.25, -0.2) is 0 Å². The molecule has 1 heterocycles. The molecule has 1 aromatic heterocycles. The van der Waals surface area contributed by atoms with Crippen molar-refractivity contribution in [1.29, 1.82) is 0 Å². The summed E-state index contributed by atoms with van der Waals surface area (Å²) in [4.78, 5) is 25.5. The number of carbonyl (C=O) groups is 1. The van der Waals surface area contributed by atoms with Crippen molar-refractivity contribution in [3.05, 3.63) is 64.4 Å². The Balaban J connectivity index is 2.04. The first-order chi connectivity index (χ1) is 12.6. The highest BCUT2D eigenvalue weighted by Gasteiger charge is 2.17. The Morgan fingerprint density at radius 3 is 2.58 bits per heavy atom. The average Bonchev–Trinajstić information content (AvgIpc) is 2.68. The van der Waals surface area contributed by atoms with E-state index in [-0.39, 0.29) is 11.0 Å². The van der Waals surface area contributed by atoms with Gasteiger partial charge in [0.25, 0.3) is 5.91 Å². The highest BCUT2D eigenvalue weighted by molar-refractivity contribution is 6.06. The third-order valence-corrected chi connectivity index (χ3v) is 4.23. The largest absolute Gasteiger partial charge is 0.497 e. The predicted octanol–water partition coefficient (Wildman–Crippen LogP) is 3.29. The maximum atomic E-state index is 12.8. The van der Waals surface area contributed by atoms with Gasteiger partial charge in [-0.3, -0.25) is 9.59 Å². The van der Waals surface area contributed by atoms with Crippen LogP contribution in [0.3, 0.4) is 0 Å². The van der Waals surface area contributed by atoms with Gasteiger partial charge in [0.2, 0.25) is 5.43 Å². The van der Waals surface area contributed by atoms with Crippen LogP contribution >= 0.6 is 0 Å². The zero-order valence-electron chi connectivity index (χ0n) is 14.9. The number of ether oxygens (including phenoxy) is 2.